The Hall–Kier alpha value is -3.77. The van der Waals surface area contributed by atoms with Gasteiger partial charge in [0.15, 0.2) is 0 Å². The summed E-state index contributed by atoms with van der Waals surface area (Å²) in [6, 6.07) is 22.3. The molecular weight excluding hydrogens is 434 g/mol. The molecule has 2 heterocycles. The van der Waals surface area contributed by atoms with Crippen molar-refractivity contribution in [2.45, 2.75) is 19.8 Å². The van der Waals surface area contributed by atoms with Gasteiger partial charge in [-0.2, -0.15) is 0 Å². The first kappa shape index (κ1) is 21.1. The van der Waals surface area contributed by atoms with Gasteiger partial charge >= 0.3 is 6.16 Å². The number of aryl methyl sites for hydroxylation is 2. The Morgan fingerprint density at radius 1 is 1.00 bits per heavy atom. The van der Waals surface area contributed by atoms with Crippen LogP contribution in [-0.2, 0) is 6.42 Å². The molecule has 0 spiro atoms. The van der Waals surface area contributed by atoms with Crippen molar-refractivity contribution in [2.24, 2.45) is 0 Å². The Kier molecular flexibility index (Phi) is 5.75. The number of para-hydroxylation sites is 1. The van der Waals surface area contributed by atoms with E-state index in [0.29, 0.717) is 13.0 Å². The van der Waals surface area contributed by atoms with E-state index in [9.17, 15) is 9.90 Å². The molecule has 166 valence electrons. The number of aromatic nitrogens is 1. The van der Waals surface area contributed by atoms with Crippen LogP contribution >= 0.6 is 11.3 Å². The lowest BCUT2D eigenvalue weighted by molar-refractivity contribution is 0.142. The van der Waals surface area contributed by atoms with Crippen molar-refractivity contribution in [1.29, 1.82) is 0 Å². The molecule has 2 aromatic heterocycles. The molecule has 0 bridgehead atoms. The molecule has 0 atom stereocenters. The molecule has 5 aromatic rings. The average molecular weight is 458 g/mol. The number of H-pyrrole nitrogens is 1. The molecule has 5 rings (SSSR count). The fourth-order valence-electron chi connectivity index (χ4n) is 4.28. The molecule has 33 heavy (non-hydrogen) atoms. The molecule has 0 aliphatic rings. The van der Waals surface area contributed by atoms with Crippen LogP contribution in [0.4, 0.5) is 4.79 Å². The Morgan fingerprint density at radius 2 is 1.82 bits per heavy atom. The number of carbonyl (C=O) groups is 1. The number of rotatable bonds is 7. The summed E-state index contributed by atoms with van der Waals surface area (Å²) >= 11 is 1.67. The summed E-state index contributed by atoms with van der Waals surface area (Å²) in [4.78, 5) is 14.6. The molecule has 6 heteroatoms. The molecule has 0 amide bonds. The fourth-order valence-corrected chi connectivity index (χ4v) is 5.15. The average Bonchev–Trinajstić information content (AvgIpc) is 3.42. The Labute approximate surface area is 195 Å². The second-order valence-corrected chi connectivity index (χ2v) is 8.81. The summed E-state index contributed by atoms with van der Waals surface area (Å²) in [6.07, 6.45) is 0.0142. The van der Waals surface area contributed by atoms with Crippen LogP contribution in [0.1, 0.15) is 17.5 Å². The van der Waals surface area contributed by atoms with E-state index >= 15 is 0 Å². The predicted octanol–water partition coefficient (Wildman–Crippen LogP) is 7.43. The summed E-state index contributed by atoms with van der Waals surface area (Å²) in [5.74, 6) is 1.16. The fraction of sp³-hybridized carbons (Fsp3) is 0.148. The van der Waals surface area contributed by atoms with E-state index in [1.54, 1.807) is 11.3 Å². The third kappa shape index (κ3) is 4.17. The van der Waals surface area contributed by atoms with Crippen molar-refractivity contribution in [3.63, 3.8) is 0 Å². The van der Waals surface area contributed by atoms with Crippen molar-refractivity contribution in [1.82, 2.24) is 4.98 Å². The number of benzene rings is 3. The number of aromatic amines is 1. The minimum Gasteiger partial charge on any atom is -0.492 e. The number of nitrogens with one attached hydrogen (secondary N) is 1. The number of fused-ring (bicyclic) bond motifs is 2. The highest BCUT2D eigenvalue weighted by Gasteiger charge is 2.18. The van der Waals surface area contributed by atoms with E-state index in [2.05, 4.69) is 41.6 Å². The molecular formula is C27H23NO4S. The molecule has 0 aliphatic heterocycles. The van der Waals surface area contributed by atoms with Crippen molar-refractivity contribution in [3.05, 3.63) is 83.2 Å². The number of thiophene rings is 1. The topological polar surface area (TPSA) is 71.6 Å². The third-order valence-corrected chi connectivity index (χ3v) is 6.74. The SMILES string of the molecule is Cc1ccccc1-c1cccc2c(CCCOc3cccc4ccsc34)c(OC(=O)O)[nH]c12. The molecule has 0 saturated heterocycles. The molecule has 0 saturated carbocycles. The normalized spacial score (nSPS) is 11.2. The maximum absolute atomic E-state index is 11.4. The standard InChI is InChI=1S/C27H23NO4S/c1-17-7-2-3-9-19(17)20-10-5-11-21-22(26(28-24(20)21)32-27(29)30)12-6-15-31-23-13-4-8-18-14-16-33-25(18)23/h2-5,7-11,13-14,16,28H,6,12,15H2,1H3,(H,29,30). The lowest BCUT2D eigenvalue weighted by Gasteiger charge is -2.08. The van der Waals surface area contributed by atoms with Crippen LogP contribution in [0.3, 0.4) is 0 Å². The molecule has 0 fully saturated rings. The summed E-state index contributed by atoms with van der Waals surface area (Å²) in [5, 5.41) is 13.5. The number of hydrogen-bond acceptors (Lipinski definition) is 4. The maximum Gasteiger partial charge on any atom is 0.512 e. The Balaban J connectivity index is 1.43. The highest BCUT2D eigenvalue weighted by Crippen LogP contribution is 2.37. The van der Waals surface area contributed by atoms with E-state index < -0.39 is 6.16 Å². The first-order valence-electron chi connectivity index (χ1n) is 10.8. The summed E-state index contributed by atoms with van der Waals surface area (Å²) < 4.78 is 12.3. The lowest BCUT2D eigenvalue weighted by atomic mass is 9.97. The number of carboxylic acid groups (broad SMARTS) is 1. The van der Waals surface area contributed by atoms with E-state index in [1.807, 2.05) is 42.5 Å². The second kappa shape index (κ2) is 9.00. The first-order chi connectivity index (χ1) is 16.1. The van der Waals surface area contributed by atoms with Crippen LogP contribution in [0.5, 0.6) is 11.6 Å². The molecule has 2 N–H and O–H groups in total. The van der Waals surface area contributed by atoms with E-state index in [1.165, 1.54) is 5.39 Å². The van der Waals surface area contributed by atoms with Gasteiger partial charge in [-0.1, -0.05) is 54.6 Å². The molecule has 3 aromatic carbocycles. The third-order valence-electron chi connectivity index (χ3n) is 5.80. The maximum atomic E-state index is 11.4. The zero-order chi connectivity index (χ0) is 22.8. The first-order valence-corrected chi connectivity index (χ1v) is 11.7. The van der Waals surface area contributed by atoms with Gasteiger partial charge in [0.1, 0.15) is 5.75 Å². The van der Waals surface area contributed by atoms with Gasteiger partial charge in [0.25, 0.3) is 0 Å². The lowest BCUT2D eigenvalue weighted by Crippen LogP contribution is -2.06. The molecule has 0 unspecified atom stereocenters. The summed E-state index contributed by atoms with van der Waals surface area (Å²) in [5.41, 5.74) is 5.00. The van der Waals surface area contributed by atoms with Crippen LogP contribution in [0.2, 0.25) is 0 Å². The van der Waals surface area contributed by atoms with E-state index in [-0.39, 0.29) is 5.88 Å². The zero-order valence-electron chi connectivity index (χ0n) is 18.1. The van der Waals surface area contributed by atoms with Gasteiger partial charge in [0.2, 0.25) is 5.88 Å². The largest absolute Gasteiger partial charge is 0.512 e. The Morgan fingerprint density at radius 3 is 2.67 bits per heavy atom. The van der Waals surface area contributed by atoms with E-state index in [0.717, 1.165) is 50.0 Å². The van der Waals surface area contributed by atoms with Gasteiger partial charge in [-0.25, -0.2) is 4.79 Å². The zero-order valence-corrected chi connectivity index (χ0v) is 18.9. The summed E-state index contributed by atoms with van der Waals surface area (Å²) in [6.45, 7) is 2.59. The second-order valence-electron chi connectivity index (χ2n) is 7.89. The monoisotopic (exact) mass is 457 g/mol. The van der Waals surface area contributed by atoms with Crippen molar-refractivity contribution in [3.8, 4) is 22.8 Å². The number of ether oxygens (including phenoxy) is 2. The van der Waals surface area contributed by atoms with Gasteiger partial charge < -0.3 is 19.6 Å². The van der Waals surface area contributed by atoms with Crippen molar-refractivity contribution < 1.29 is 19.4 Å². The highest BCUT2D eigenvalue weighted by molar-refractivity contribution is 7.17. The Bertz CT molecular complexity index is 1450. The van der Waals surface area contributed by atoms with Crippen molar-refractivity contribution >= 4 is 38.5 Å². The van der Waals surface area contributed by atoms with Gasteiger partial charge in [0.05, 0.1) is 16.8 Å². The smallest absolute Gasteiger partial charge is 0.492 e. The highest BCUT2D eigenvalue weighted by atomic mass is 32.1. The summed E-state index contributed by atoms with van der Waals surface area (Å²) in [7, 11) is 0. The molecule has 0 aliphatic carbocycles. The van der Waals surface area contributed by atoms with Crippen LogP contribution in [0, 0.1) is 6.92 Å². The van der Waals surface area contributed by atoms with Gasteiger partial charge in [-0.3, -0.25) is 0 Å². The van der Waals surface area contributed by atoms with Crippen molar-refractivity contribution in [2.75, 3.05) is 6.61 Å². The van der Waals surface area contributed by atoms with Crippen LogP contribution in [-0.4, -0.2) is 22.9 Å². The molecule has 0 radical (unpaired) electrons. The van der Waals surface area contributed by atoms with Crippen LogP contribution < -0.4 is 9.47 Å². The van der Waals surface area contributed by atoms with Gasteiger partial charge in [-0.15, -0.1) is 11.3 Å². The minimum atomic E-state index is -1.33. The van der Waals surface area contributed by atoms with Crippen LogP contribution in [0.25, 0.3) is 32.1 Å². The van der Waals surface area contributed by atoms with Gasteiger partial charge in [-0.05, 0) is 53.8 Å². The quantitative estimate of drug-likeness (QED) is 0.197. The van der Waals surface area contributed by atoms with E-state index in [4.69, 9.17) is 9.47 Å². The number of hydrogen-bond donors (Lipinski definition) is 2. The molecule has 5 nitrogen and oxygen atoms in total. The van der Waals surface area contributed by atoms with Crippen LogP contribution in [0.15, 0.2) is 72.1 Å². The minimum absolute atomic E-state index is 0.277. The van der Waals surface area contributed by atoms with Gasteiger partial charge in [0, 0.05) is 16.5 Å². The predicted molar refractivity (Wildman–Crippen MR) is 133 cm³/mol.